The molecule has 9 rings (SSSR count). The molecule has 0 amide bonds. The molecule has 1 heterocycles. The van der Waals surface area contributed by atoms with E-state index in [0.717, 1.165) is 28.3 Å². The van der Waals surface area contributed by atoms with Gasteiger partial charge in [-0.1, -0.05) is 0 Å². The second kappa shape index (κ2) is 14.7. The van der Waals surface area contributed by atoms with Crippen LogP contribution < -0.4 is 25.7 Å². The molecule has 1 aliphatic heterocycles. The second-order valence-corrected chi connectivity index (χ2v) is 42.9. The van der Waals surface area contributed by atoms with Gasteiger partial charge in [-0.15, -0.1) is 0 Å². The van der Waals surface area contributed by atoms with Gasteiger partial charge in [-0.2, -0.15) is 0 Å². The predicted octanol–water partition coefficient (Wildman–Crippen LogP) is 12.0. The third kappa shape index (κ3) is 5.68. The van der Waals surface area contributed by atoms with Gasteiger partial charge in [0, 0.05) is 0 Å². The number of aryl methyl sites for hydroxylation is 6. The Morgan fingerprint density at radius 1 is 0.431 bits per heavy atom. The van der Waals surface area contributed by atoms with Gasteiger partial charge in [0.1, 0.15) is 0 Å². The summed E-state index contributed by atoms with van der Waals surface area (Å²) in [5.74, 6) is 0. The summed E-state index contributed by atoms with van der Waals surface area (Å²) in [6, 6.07) is 60.6. The van der Waals surface area contributed by atoms with E-state index >= 15 is 0 Å². The Balaban J connectivity index is 1.61. The zero-order valence-electron chi connectivity index (χ0n) is 34.1. The van der Waals surface area contributed by atoms with Crippen LogP contribution in [0.4, 0.5) is 11.4 Å². The van der Waals surface area contributed by atoms with Crippen molar-refractivity contribution in [1.29, 1.82) is 0 Å². The van der Waals surface area contributed by atoms with Crippen LogP contribution in [0.1, 0.15) is 44.5 Å². The SMILES string of the molecule is Cc1cc(C)c(N2CCN(c3c(C)cc(C)cc3C)[CH]2[Ru]([Cl])([Cl])(=[C]2c3ccccc3-c3ccccc32)[PH](c2ccccc2)(c2ccccc2)c2ccccc2)c(C)c1. The molecule has 1 fully saturated rings. The normalized spacial score (nSPS) is 15.2. The van der Waals surface area contributed by atoms with Crippen LogP contribution in [0.25, 0.3) is 11.1 Å². The summed E-state index contributed by atoms with van der Waals surface area (Å²) in [5, 5.41) is 3.66. The summed E-state index contributed by atoms with van der Waals surface area (Å²) in [6.07, 6.45) is 0. The van der Waals surface area contributed by atoms with E-state index in [4.69, 9.17) is 0 Å². The number of fused-ring (bicyclic) bond motifs is 3. The molecule has 296 valence electrons. The fourth-order valence-corrected chi connectivity index (χ4v) is 49.9. The molecule has 1 aliphatic carbocycles. The summed E-state index contributed by atoms with van der Waals surface area (Å²) in [5.41, 5.74) is 11.0. The first-order valence-electron chi connectivity index (χ1n) is 20.1. The van der Waals surface area contributed by atoms with Crippen LogP contribution >= 0.6 is 25.0 Å². The Hall–Kier alpha value is -4.36. The Morgan fingerprint density at radius 2 is 0.724 bits per heavy atom. The Labute approximate surface area is 353 Å². The first-order chi connectivity index (χ1) is 28.0. The van der Waals surface area contributed by atoms with E-state index in [2.05, 4.69) is 215 Å². The average molecular weight is 907 g/mol. The summed E-state index contributed by atoms with van der Waals surface area (Å²) in [7, 11) is 14.0. The molecule has 58 heavy (non-hydrogen) atoms. The number of hydrogen-bond acceptors (Lipinski definition) is 2. The van der Waals surface area contributed by atoms with E-state index in [1.165, 1.54) is 71.8 Å². The summed E-state index contributed by atoms with van der Waals surface area (Å²) < 4.78 is 0.725. The van der Waals surface area contributed by atoms with Gasteiger partial charge < -0.3 is 0 Å². The molecular weight excluding hydrogens is 856 g/mol. The van der Waals surface area contributed by atoms with E-state index in [9.17, 15) is 19.4 Å². The van der Waals surface area contributed by atoms with Gasteiger partial charge in [0.05, 0.1) is 0 Å². The zero-order valence-corrected chi connectivity index (χ0v) is 38.3. The minimum absolute atomic E-state index is 0.415. The third-order valence-corrected chi connectivity index (χ3v) is 45.8. The molecule has 0 unspecified atom stereocenters. The average Bonchev–Trinajstić information content (AvgIpc) is 3.80. The van der Waals surface area contributed by atoms with Crippen LogP contribution in [0.3, 0.4) is 0 Å². The Bertz CT molecular complexity index is 2520. The fraction of sp³-hybridized carbons (Fsp3) is 0.173. The Kier molecular flexibility index (Phi) is 9.93. The van der Waals surface area contributed by atoms with Crippen LogP contribution in [0.15, 0.2) is 164 Å². The van der Waals surface area contributed by atoms with Gasteiger partial charge in [0.2, 0.25) is 0 Å². The van der Waals surface area contributed by atoms with E-state index < -0.39 is 21.0 Å². The molecule has 0 bridgehead atoms. The predicted molar refractivity (Wildman–Crippen MR) is 253 cm³/mol. The monoisotopic (exact) mass is 906 g/mol. The summed E-state index contributed by atoms with van der Waals surface area (Å²) in [4.78, 5) is 5.34. The molecule has 2 nitrogen and oxygen atoms in total. The topological polar surface area (TPSA) is 6.48 Å². The third-order valence-electron chi connectivity index (χ3n) is 12.2. The van der Waals surface area contributed by atoms with Gasteiger partial charge in [-0.05, 0) is 0 Å². The summed E-state index contributed by atoms with van der Waals surface area (Å²) >= 11 is 0. The summed E-state index contributed by atoms with van der Waals surface area (Å²) in [6.45, 7) is 15.0. The molecule has 1 saturated heterocycles. The number of rotatable bonds is 7. The van der Waals surface area contributed by atoms with Crippen molar-refractivity contribution in [3.8, 4) is 11.1 Å². The second-order valence-electron chi connectivity index (χ2n) is 16.1. The van der Waals surface area contributed by atoms with E-state index in [1.54, 1.807) is 0 Å². The van der Waals surface area contributed by atoms with Crippen LogP contribution in [0.5, 0.6) is 0 Å². The molecule has 0 saturated carbocycles. The van der Waals surface area contributed by atoms with Gasteiger partial charge in [0.15, 0.2) is 0 Å². The standard InChI is InChI=1S/C21H27N2.C18H15P.C13H8.2ClH.Ru/c1-14-9-16(3)20(17(4)10-14)22-7-8-23(13-22)21-18(5)11-15(2)12-19(21)6;1-4-10-16(11-5-1)19(17-12-6-2-7-13-17)18-14-8-3-9-15-18;1-3-7-12-10(5-1)9-11-6-2-4-8-13(11)12;;;/h9-13H,7-8H2,1-6H3;1-15H;1-8H;2*1H;/q;;;;;+1/p-1. The maximum atomic E-state index is 9.83. The van der Waals surface area contributed by atoms with Crippen molar-refractivity contribution in [3.05, 3.63) is 208 Å². The van der Waals surface area contributed by atoms with Gasteiger partial charge in [-0.3, -0.25) is 0 Å². The molecule has 0 spiro atoms. The van der Waals surface area contributed by atoms with Crippen LogP contribution in [-0.4, -0.2) is 22.0 Å². The van der Waals surface area contributed by atoms with Crippen molar-refractivity contribution in [3.63, 3.8) is 0 Å². The number of benzene rings is 7. The molecule has 7 aromatic carbocycles. The van der Waals surface area contributed by atoms with Crippen molar-refractivity contribution in [2.75, 3.05) is 22.9 Å². The van der Waals surface area contributed by atoms with Gasteiger partial charge in [0.25, 0.3) is 0 Å². The van der Waals surface area contributed by atoms with Gasteiger partial charge >= 0.3 is 356 Å². The van der Waals surface area contributed by atoms with E-state index in [0.29, 0.717) is 0 Å². The number of nitrogens with zero attached hydrogens (tertiary/aromatic N) is 2. The first-order valence-corrected chi connectivity index (χ1v) is 30.9. The zero-order chi connectivity index (χ0) is 40.4. The molecular formula is C52H51Cl2N2PRu. The van der Waals surface area contributed by atoms with Crippen molar-refractivity contribution >= 4 is 56.4 Å². The first kappa shape index (κ1) is 39.1. The fourth-order valence-electron chi connectivity index (χ4n) is 10.4. The molecule has 0 aromatic heterocycles. The van der Waals surface area contributed by atoms with Crippen molar-refractivity contribution < 1.29 is 10.7 Å². The van der Waals surface area contributed by atoms with Crippen LogP contribution in [0.2, 0.25) is 0 Å². The maximum absolute atomic E-state index is 9.83. The minimum atomic E-state index is -5.64. The van der Waals surface area contributed by atoms with E-state index in [-0.39, 0.29) is 0 Å². The van der Waals surface area contributed by atoms with Crippen molar-refractivity contribution in [2.45, 2.75) is 46.3 Å². The van der Waals surface area contributed by atoms with Crippen molar-refractivity contribution in [1.82, 2.24) is 0 Å². The van der Waals surface area contributed by atoms with Crippen LogP contribution in [0, 0.1) is 41.5 Å². The van der Waals surface area contributed by atoms with Crippen molar-refractivity contribution in [2.24, 2.45) is 0 Å². The molecule has 0 atom stereocenters. The number of hydrogen-bond donors (Lipinski definition) is 0. The molecule has 0 N–H and O–H groups in total. The quantitative estimate of drug-likeness (QED) is 0.116. The number of halogens is 2. The Morgan fingerprint density at radius 3 is 1.05 bits per heavy atom. The van der Waals surface area contributed by atoms with Crippen LogP contribution in [-0.2, 0) is 10.7 Å². The molecule has 0 radical (unpaired) electrons. The molecule has 2 aliphatic rings. The molecule has 6 heteroatoms. The van der Waals surface area contributed by atoms with E-state index in [1.807, 2.05) is 0 Å². The van der Waals surface area contributed by atoms with Gasteiger partial charge in [-0.25, -0.2) is 0 Å². The molecule has 7 aromatic rings. The number of anilines is 2.